The summed E-state index contributed by atoms with van der Waals surface area (Å²) < 4.78 is 0. The van der Waals surface area contributed by atoms with Crippen molar-refractivity contribution in [2.45, 2.75) is 50.7 Å². The molecule has 0 saturated carbocycles. The largest absolute Gasteiger partial charge is 0.482 e. The van der Waals surface area contributed by atoms with Crippen LogP contribution in [0.4, 0.5) is 0 Å². The van der Waals surface area contributed by atoms with E-state index in [4.69, 9.17) is 0 Å². The minimum atomic E-state index is -2.12. The van der Waals surface area contributed by atoms with Crippen molar-refractivity contribution in [2.24, 2.45) is 0 Å². The quantitative estimate of drug-likeness (QED) is 0.210. The summed E-state index contributed by atoms with van der Waals surface area (Å²) in [5.74, 6) is -0.00814. The predicted octanol–water partition coefficient (Wildman–Crippen LogP) is 2.84. The van der Waals surface area contributed by atoms with Crippen molar-refractivity contribution in [3.05, 3.63) is 42.6 Å². The molecule has 2 rings (SSSR count). The Labute approximate surface area is 143 Å². The number of rotatable bonds is 10. The maximum atomic E-state index is 12.3. The minimum absolute atomic E-state index is 0.00814. The third-order valence-corrected chi connectivity index (χ3v) is 5.38. The van der Waals surface area contributed by atoms with Gasteiger partial charge in [-0.2, -0.15) is 0 Å². The van der Waals surface area contributed by atoms with Crippen LogP contribution in [-0.4, -0.2) is 45.3 Å². The van der Waals surface area contributed by atoms with Crippen LogP contribution in [0, 0.1) is 20.2 Å². The lowest BCUT2D eigenvalue weighted by Gasteiger charge is -2.41. The van der Waals surface area contributed by atoms with Crippen LogP contribution >= 0.6 is 11.3 Å². The van der Waals surface area contributed by atoms with Crippen LogP contribution in [0.25, 0.3) is 0 Å². The number of unbranched alkanes of at least 4 members (excludes halogenated alkanes) is 2. The molecule has 0 unspecified atom stereocenters. The molecule has 24 heavy (non-hydrogen) atoms. The fourth-order valence-corrected chi connectivity index (χ4v) is 3.63. The highest BCUT2D eigenvalue weighted by Crippen LogP contribution is 2.31. The Balaban J connectivity index is 2.03. The molecule has 0 spiro atoms. The van der Waals surface area contributed by atoms with Gasteiger partial charge in [0.15, 0.2) is 5.78 Å². The summed E-state index contributed by atoms with van der Waals surface area (Å²) in [6.45, 7) is 1.60. The first-order chi connectivity index (χ1) is 11.4. The zero-order valence-electron chi connectivity index (χ0n) is 13.6. The molecule has 1 aromatic rings. The van der Waals surface area contributed by atoms with E-state index in [1.807, 2.05) is 5.38 Å². The van der Waals surface area contributed by atoms with Gasteiger partial charge in [0, 0.05) is 12.5 Å². The third kappa shape index (κ3) is 3.78. The zero-order valence-corrected chi connectivity index (χ0v) is 14.4. The van der Waals surface area contributed by atoms with Gasteiger partial charge in [-0.25, -0.2) is 0 Å². The van der Waals surface area contributed by atoms with E-state index in [2.05, 4.69) is 6.92 Å². The first-order valence-electron chi connectivity index (χ1n) is 8.00. The number of hydrogen-bond donors (Lipinski definition) is 0. The lowest BCUT2D eigenvalue weighted by molar-refractivity contribution is -0.811. The van der Waals surface area contributed by atoms with Crippen LogP contribution in [0.15, 0.2) is 17.5 Å². The molecule has 1 atom stereocenters. The summed E-state index contributed by atoms with van der Waals surface area (Å²) in [4.78, 5) is 35.2. The summed E-state index contributed by atoms with van der Waals surface area (Å²) in [6.07, 6.45) is 3.90. The molecule has 1 fully saturated rings. The SMILES string of the molecule is CCCCC[C@H](CC(=O)c1cccs1)N1CC([N+](=O)[O-])([N+](=O)[O-])C1. The molecule has 0 bridgehead atoms. The average molecular weight is 355 g/mol. The Hall–Kier alpha value is -1.87. The summed E-state index contributed by atoms with van der Waals surface area (Å²) in [5.41, 5.74) is -2.12. The van der Waals surface area contributed by atoms with Crippen molar-refractivity contribution < 1.29 is 14.6 Å². The molecule has 8 nitrogen and oxygen atoms in total. The standard InChI is InChI=1S/C15H21N3O5S/c1-2-3-4-6-12(9-13(19)14-7-5-8-24-14)16-10-15(11-16,17(20)21)18(22)23/h5,7-8,12H,2-4,6,9-11H2,1H3/t12-/m1/s1. The van der Waals surface area contributed by atoms with Gasteiger partial charge >= 0.3 is 5.66 Å². The molecule has 1 aromatic heterocycles. The normalized spacial score (nSPS) is 17.9. The molecule has 1 aliphatic heterocycles. The van der Waals surface area contributed by atoms with Crippen molar-refractivity contribution in [3.63, 3.8) is 0 Å². The molecule has 0 amide bonds. The van der Waals surface area contributed by atoms with Crippen molar-refractivity contribution in [3.8, 4) is 0 Å². The first-order valence-corrected chi connectivity index (χ1v) is 8.88. The molecule has 2 heterocycles. The highest BCUT2D eigenvalue weighted by atomic mass is 32.1. The monoisotopic (exact) mass is 355 g/mol. The Morgan fingerprint density at radius 1 is 1.33 bits per heavy atom. The molecular formula is C15H21N3O5S. The van der Waals surface area contributed by atoms with Crippen molar-refractivity contribution >= 4 is 17.1 Å². The van der Waals surface area contributed by atoms with Gasteiger partial charge in [-0.3, -0.25) is 29.9 Å². The van der Waals surface area contributed by atoms with E-state index in [0.29, 0.717) is 4.88 Å². The van der Waals surface area contributed by atoms with E-state index in [-0.39, 0.29) is 31.3 Å². The number of ketones is 1. The average Bonchev–Trinajstić information content (AvgIpc) is 2.99. The summed E-state index contributed by atoms with van der Waals surface area (Å²) in [6, 6.07) is 3.38. The van der Waals surface area contributed by atoms with Gasteiger partial charge in [-0.05, 0) is 17.9 Å². The van der Waals surface area contributed by atoms with E-state index in [9.17, 15) is 25.0 Å². The number of nitrogens with zero attached hydrogens (tertiary/aromatic N) is 3. The smallest absolute Gasteiger partial charge is 0.293 e. The van der Waals surface area contributed by atoms with Crippen molar-refractivity contribution in [2.75, 3.05) is 13.1 Å². The number of carbonyl (C=O) groups excluding carboxylic acids is 1. The van der Waals surface area contributed by atoms with Crippen molar-refractivity contribution in [1.29, 1.82) is 0 Å². The minimum Gasteiger partial charge on any atom is -0.293 e. The van der Waals surface area contributed by atoms with Crippen LogP contribution in [0.1, 0.15) is 48.7 Å². The second kappa shape index (κ2) is 7.80. The van der Waals surface area contributed by atoms with E-state index in [0.717, 1.165) is 25.7 Å². The summed E-state index contributed by atoms with van der Waals surface area (Å²) in [7, 11) is 0. The molecule has 1 saturated heterocycles. The van der Waals surface area contributed by atoms with Gasteiger partial charge in [0.25, 0.3) is 0 Å². The fourth-order valence-electron chi connectivity index (χ4n) is 2.96. The molecule has 0 N–H and O–H groups in total. The number of thiophene rings is 1. The lowest BCUT2D eigenvalue weighted by atomic mass is 9.93. The highest BCUT2D eigenvalue weighted by Gasteiger charge is 2.67. The van der Waals surface area contributed by atoms with E-state index >= 15 is 0 Å². The zero-order chi connectivity index (χ0) is 17.7. The van der Waals surface area contributed by atoms with Gasteiger partial charge < -0.3 is 0 Å². The van der Waals surface area contributed by atoms with Crippen LogP contribution in [-0.2, 0) is 0 Å². The Kier molecular flexibility index (Phi) is 6.00. The van der Waals surface area contributed by atoms with Gasteiger partial charge in [0.1, 0.15) is 22.9 Å². The van der Waals surface area contributed by atoms with E-state index in [1.54, 1.807) is 17.0 Å². The molecular weight excluding hydrogens is 334 g/mol. The molecule has 132 valence electrons. The molecule has 0 radical (unpaired) electrons. The predicted molar refractivity (Wildman–Crippen MR) is 89.5 cm³/mol. The fraction of sp³-hybridized carbons (Fsp3) is 0.667. The van der Waals surface area contributed by atoms with Crippen LogP contribution in [0.2, 0.25) is 0 Å². The van der Waals surface area contributed by atoms with Gasteiger partial charge in [-0.1, -0.05) is 32.3 Å². The van der Waals surface area contributed by atoms with Crippen molar-refractivity contribution in [1.82, 2.24) is 4.90 Å². The lowest BCUT2D eigenvalue weighted by Crippen LogP contribution is -2.72. The topological polar surface area (TPSA) is 107 Å². The van der Waals surface area contributed by atoms with Gasteiger partial charge in [0.05, 0.1) is 4.88 Å². The number of Topliss-reactive ketones (excluding diaryl/α,β-unsaturated/α-hetero) is 1. The van der Waals surface area contributed by atoms with Crippen LogP contribution < -0.4 is 0 Å². The number of carbonyl (C=O) groups is 1. The summed E-state index contributed by atoms with van der Waals surface area (Å²) in [5, 5.41) is 23.9. The second-order valence-electron chi connectivity index (χ2n) is 6.16. The molecule has 0 aliphatic carbocycles. The summed E-state index contributed by atoms with van der Waals surface area (Å²) >= 11 is 1.36. The number of likely N-dealkylation sites (tertiary alicyclic amines) is 1. The molecule has 0 aromatic carbocycles. The Bertz CT molecular complexity index is 582. The Morgan fingerprint density at radius 2 is 2.00 bits per heavy atom. The molecule has 1 aliphatic rings. The maximum Gasteiger partial charge on any atom is 0.482 e. The van der Waals surface area contributed by atoms with Crippen LogP contribution in [0.3, 0.4) is 0 Å². The Morgan fingerprint density at radius 3 is 2.50 bits per heavy atom. The van der Waals surface area contributed by atoms with Gasteiger partial charge in [0.2, 0.25) is 0 Å². The number of hydrogen-bond acceptors (Lipinski definition) is 7. The van der Waals surface area contributed by atoms with E-state index < -0.39 is 15.5 Å². The third-order valence-electron chi connectivity index (χ3n) is 4.47. The van der Waals surface area contributed by atoms with Gasteiger partial charge in [-0.15, -0.1) is 11.3 Å². The molecule has 9 heteroatoms. The highest BCUT2D eigenvalue weighted by molar-refractivity contribution is 7.12. The number of nitro groups is 2. The first kappa shape index (κ1) is 18.5. The van der Waals surface area contributed by atoms with E-state index in [1.165, 1.54) is 11.3 Å². The van der Waals surface area contributed by atoms with Crippen LogP contribution in [0.5, 0.6) is 0 Å². The maximum absolute atomic E-state index is 12.3. The second-order valence-corrected chi connectivity index (χ2v) is 7.10.